The molecule has 11 heteroatoms. The van der Waals surface area contributed by atoms with Gasteiger partial charge in [0.1, 0.15) is 18.7 Å². The summed E-state index contributed by atoms with van der Waals surface area (Å²) >= 11 is 1.49. The molecule has 0 spiro atoms. The number of nitrogens with one attached hydrogen (secondary N) is 1. The van der Waals surface area contributed by atoms with Crippen LogP contribution in [-0.2, 0) is 20.0 Å². The minimum absolute atomic E-state index is 0. The third kappa shape index (κ3) is 5.02. The molecule has 144 valence electrons. The molecule has 0 aliphatic carbocycles. The van der Waals surface area contributed by atoms with Crippen LogP contribution in [0.3, 0.4) is 0 Å². The fourth-order valence-electron chi connectivity index (χ4n) is 2.65. The average molecular weight is 491 g/mol. The van der Waals surface area contributed by atoms with E-state index in [0.29, 0.717) is 6.54 Å². The summed E-state index contributed by atoms with van der Waals surface area (Å²) in [6.07, 6.45) is 2.58. The van der Waals surface area contributed by atoms with Gasteiger partial charge in [0.25, 0.3) is 0 Å². The highest BCUT2D eigenvalue weighted by atomic mass is 127. The number of anilines is 1. The Morgan fingerprint density at radius 1 is 1.27 bits per heavy atom. The van der Waals surface area contributed by atoms with E-state index in [2.05, 4.69) is 48.5 Å². The van der Waals surface area contributed by atoms with Gasteiger partial charge in [-0.3, -0.25) is 0 Å². The Morgan fingerprint density at radius 3 is 2.62 bits per heavy atom. The molecule has 1 saturated heterocycles. The normalized spacial score (nSPS) is 15.1. The first kappa shape index (κ1) is 20.8. The molecule has 0 bridgehead atoms. The van der Waals surface area contributed by atoms with Gasteiger partial charge in [-0.05, 0) is 6.92 Å². The lowest BCUT2D eigenvalue weighted by Crippen LogP contribution is -2.52. The minimum Gasteiger partial charge on any atom is -0.357 e. The van der Waals surface area contributed by atoms with E-state index in [0.717, 1.165) is 61.9 Å². The van der Waals surface area contributed by atoms with Gasteiger partial charge in [0.2, 0.25) is 5.13 Å². The molecule has 1 aliphatic rings. The molecule has 0 radical (unpaired) electrons. The highest BCUT2D eigenvalue weighted by molar-refractivity contribution is 14.0. The molecule has 0 amide bonds. The first-order valence-corrected chi connectivity index (χ1v) is 9.42. The molecular weight excluding hydrogens is 465 g/mol. The van der Waals surface area contributed by atoms with Crippen LogP contribution in [0.5, 0.6) is 0 Å². The number of aliphatic imine (C=N–C) groups is 1. The molecule has 1 aliphatic heterocycles. The van der Waals surface area contributed by atoms with Crippen molar-refractivity contribution >= 4 is 46.6 Å². The number of piperazine rings is 1. The van der Waals surface area contributed by atoms with Crippen LogP contribution in [0.1, 0.15) is 25.5 Å². The molecule has 26 heavy (non-hydrogen) atoms. The zero-order valence-corrected chi connectivity index (χ0v) is 18.6. The van der Waals surface area contributed by atoms with Crippen molar-refractivity contribution in [2.45, 2.75) is 26.8 Å². The van der Waals surface area contributed by atoms with Crippen molar-refractivity contribution < 1.29 is 0 Å². The summed E-state index contributed by atoms with van der Waals surface area (Å²) in [5, 5.41) is 12.4. The van der Waals surface area contributed by atoms with Gasteiger partial charge in [0.05, 0.1) is 0 Å². The first-order chi connectivity index (χ1) is 12.2. The monoisotopic (exact) mass is 491 g/mol. The fourth-order valence-corrected chi connectivity index (χ4v) is 3.45. The van der Waals surface area contributed by atoms with E-state index in [1.165, 1.54) is 11.5 Å². The average Bonchev–Trinajstić information content (AvgIpc) is 3.28. The van der Waals surface area contributed by atoms with Crippen LogP contribution in [-0.4, -0.2) is 67.7 Å². The Morgan fingerprint density at radius 2 is 2.04 bits per heavy atom. The number of aromatic nitrogens is 5. The molecule has 3 heterocycles. The highest BCUT2D eigenvalue weighted by Gasteiger charge is 2.22. The van der Waals surface area contributed by atoms with Gasteiger partial charge in [0, 0.05) is 57.7 Å². The fraction of sp³-hybridized carbons (Fsp3) is 0.667. The van der Waals surface area contributed by atoms with E-state index >= 15 is 0 Å². The molecule has 0 unspecified atom stereocenters. The van der Waals surface area contributed by atoms with Crippen LogP contribution in [0.2, 0.25) is 0 Å². The number of nitrogens with zero attached hydrogens (tertiary/aromatic N) is 8. The van der Waals surface area contributed by atoms with E-state index in [4.69, 9.17) is 4.99 Å². The summed E-state index contributed by atoms with van der Waals surface area (Å²) in [6.45, 7) is 9.20. The number of rotatable bonds is 5. The zero-order valence-electron chi connectivity index (χ0n) is 15.4. The minimum atomic E-state index is 0. The molecule has 9 nitrogen and oxygen atoms in total. The highest BCUT2D eigenvalue weighted by Crippen LogP contribution is 2.19. The van der Waals surface area contributed by atoms with Crippen LogP contribution in [0.25, 0.3) is 0 Å². The van der Waals surface area contributed by atoms with E-state index in [-0.39, 0.29) is 24.0 Å². The Bertz CT molecular complexity index is 706. The summed E-state index contributed by atoms with van der Waals surface area (Å²) in [4.78, 5) is 13.9. The van der Waals surface area contributed by atoms with Crippen molar-refractivity contribution in [2.24, 2.45) is 12.0 Å². The van der Waals surface area contributed by atoms with E-state index < -0.39 is 0 Å². The van der Waals surface area contributed by atoms with Crippen molar-refractivity contribution in [3.05, 3.63) is 18.0 Å². The predicted octanol–water partition coefficient (Wildman–Crippen LogP) is 1.13. The topological polar surface area (TPSA) is 87.4 Å². The third-order valence-corrected chi connectivity index (χ3v) is 4.95. The molecule has 0 atom stereocenters. The van der Waals surface area contributed by atoms with Crippen molar-refractivity contribution in [1.82, 2.24) is 34.3 Å². The van der Waals surface area contributed by atoms with Gasteiger partial charge >= 0.3 is 0 Å². The SMILES string of the molecule is CCNC(=NCc1nncn1C)N1CCN(c2nc(CC)ns2)CC1.I. The van der Waals surface area contributed by atoms with E-state index in [9.17, 15) is 0 Å². The van der Waals surface area contributed by atoms with Crippen LogP contribution < -0.4 is 10.2 Å². The van der Waals surface area contributed by atoms with Crippen molar-refractivity contribution in [3.8, 4) is 0 Å². The van der Waals surface area contributed by atoms with Crippen molar-refractivity contribution in [1.29, 1.82) is 0 Å². The molecule has 1 fully saturated rings. The largest absolute Gasteiger partial charge is 0.357 e. The molecule has 0 aromatic carbocycles. The molecule has 1 N–H and O–H groups in total. The van der Waals surface area contributed by atoms with Gasteiger partial charge in [-0.15, -0.1) is 34.2 Å². The smallest absolute Gasteiger partial charge is 0.205 e. The third-order valence-electron chi connectivity index (χ3n) is 4.13. The van der Waals surface area contributed by atoms with Crippen LogP contribution in [0.15, 0.2) is 11.3 Å². The second-order valence-corrected chi connectivity index (χ2v) is 6.58. The zero-order chi connectivity index (χ0) is 17.6. The van der Waals surface area contributed by atoms with Crippen LogP contribution in [0.4, 0.5) is 5.13 Å². The van der Waals surface area contributed by atoms with Crippen LogP contribution in [0, 0.1) is 0 Å². The van der Waals surface area contributed by atoms with Gasteiger partial charge < -0.3 is 19.7 Å². The Kier molecular flexibility index (Phi) is 8.00. The van der Waals surface area contributed by atoms with Gasteiger partial charge in [-0.1, -0.05) is 6.92 Å². The number of hydrogen-bond acceptors (Lipinski definition) is 7. The lowest BCUT2D eigenvalue weighted by molar-refractivity contribution is 0.372. The Hall–Kier alpha value is -1.50. The molecular formula is C15H26IN9S. The number of aryl methyl sites for hydroxylation is 2. The van der Waals surface area contributed by atoms with Crippen LogP contribution >= 0.6 is 35.5 Å². The lowest BCUT2D eigenvalue weighted by Gasteiger charge is -2.36. The summed E-state index contributed by atoms with van der Waals surface area (Å²) in [5.74, 6) is 2.72. The maximum Gasteiger partial charge on any atom is 0.205 e. The summed E-state index contributed by atoms with van der Waals surface area (Å²) in [5.41, 5.74) is 0. The molecule has 0 saturated carbocycles. The number of halogens is 1. The Labute approximate surface area is 175 Å². The molecule has 3 rings (SSSR count). The van der Waals surface area contributed by atoms with Crippen molar-refractivity contribution in [2.75, 3.05) is 37.6 Å². The lowest BCUT2D eigenvalue weighted by atomic mass is 10.3. The van der Waals surface area contributed by atoms with E-state index in [1.54, 1.807) is 6.33 Å². The standard InChI is InChI=1S/C15H25N9S.HI/c1-4-12-19-15(25-21-12)24-8-6-23(7-9-24)14(16-5-2)17-10-13-20-18-11-22(13)3;/h11H,4-10H2,1-3H3,(H,16,17);1H. The van der Waals surface area contributed by atoms with Gasteiger partial charge in [0.15, 0.2) is 11.8 Å². The Balaban J connectivity index is 0.00000243. The van der Waals surface area contributed by atoms with Gasteiger partial charge in [-0.2, -0.15) is 4.37 Å². The second kappa shape index (κ2) is 10.00. The second-order valence-electron chi connectivity index (χ2n) is 5.85. The maximum absolute atomic E-state index is 4.72. The van der Waals surface area contributed by atoms with E-state index in [1.807, 2.05) is 11.6 Å². The van der Waals surface area contributed by atoms with Crippen molar-refractivity contribution in [3.63, 3.8) is 0 Å². The summed E-state index contributed by atoms with van der Waals surface area (Å²) < 4.78 is 6.28. The quantitative estimate of drug-likeness (QED) is 0.381. The molecule has 2 aromatic heterocycles. The van der Waals surface area contributed by atoms with Gasteiger partial charge in [-0.25, -0.2) is 9.98 Å². The maximum atomic E-state index is 4.72. The summed E-state index contributed by atoms with van der Waals surface area (Å²) in [7, 11) is 1.93. The number of guanidine groups is 1. The molecule has 2 aromatic rings. The number of hydrogen-bond donors (Lipinski definition) is 1. The predicted molar refractivity (Wildman–Crippen MR) is 114 cm³/mol. The first-order valence-electron chi connectivity index (χ1n) is 8.65. The summed E-state index contributed by atoms with van der Waals surface area (Å²) in [6, 6.07) is 0.